The Morgan fingerprint density at radius 2 is 2.10 bits per heavy atom. The second kappa shape index (κ2) is 7.88. The highest BCUT2D eigenvalue weighted by atomic mass is 16.5. The smallest absolute Gasteiger partial charge is 0.157 e. The zero-order valence-electron chi connectivity index (χ0n) is 16.3. The van der Waals surface area contributed by atoms with Crippen LogP contribution in [0.1, 0.15) is 30.2 Å². The van der Waals surface area contributed by atoms with Gasteiger partial charge in [-0.25, -0.2) is 0 Å². The van der Waals surface area contributed by atoms with Gasteiger partial charge in [0.25, 0.3) is 0 Å². The lowest BCUT2D eigenvalue weighted by Crippen LogP contribution is -2.24. The van der Waals surface area contributed by atoms with Crippen molar-refractivity contribution in [3.8, 4) is 11.8 Å². The molecular weight excluding hydrogens is 364 g/mol. The van der Waals surface area contributed by atoms with Gasteiger partial charge in [0.15, 0.2) is 5.75 Å². The molecule has 0 amide bonds. The molecule has 2 heterocycles. The number of nitrogens with zero attached hydrogens (tertiary/aromatic N) is 4. The Morgan fingerprint density at radius 3 is 2.76 bits per heavy atom. The number of nitriles is 1. The molecule has 2 atom stereocenters. The van der Waals surface area contributed by atoms with Crippen LogP contribution in [0.2, 0.25) is 0 Å². The highest BCUT2D eigenvalue weighted by Crippen LogP contribution is 2.55. The van der Waals surface area contributed by atoms with Crippen molar-refractivity contribution in [2.75, 3.05) is 6.61 Å². The molecule has 6 nitrogen and oxygen atoms in total. The summed E-state index contributed by atoms with van der Waals surface area (Å²) in [6, 6.07) is 15.6. The van der Waals surface area contributed by atoms with Crippen LogP contribution >= 0.6 is 0 Å². The lowest BCUT2D eigenvalue weighted by Gasteiger charge is -2.18. The SMILES string of the molecule is CCn1cc(OCC2(c3ccccc3)CC2C(=O)Cc2ccc(C#N)cn2)cn1. The van der Waals surface area contributed by atoms with Crippen LogP contribution < -0.4 is 4.74 Å². The number of aryl methyl sites for hydroxylation is 1. The molecule has 6 heteroatoms. The Balaban J connectivity index is 1.50. The van der Waals surface area contributed by atoms with E-state index in [2.05, 4.69) is 22.2 Å². The summed E-state index contributed by atoms with van der Waals surface area (Å²) in [4.78, 5) is 17.2. The van der Waals surface area contributed by atoms with E-state index in [4.69, 9.17) is 10.00 Å². The summed E-state index contributed by atoms with van der Waals surface area (Å²) in [5.74, 6) is 0.761. The van der Waals surface area contributed by atoms with Crippen LogP contribution in [0.5, 0.6) is 5.75 Å². The summed E-state index contributed by atoms with van der Waals surface area (Å²) in [5, 5.41) is 13.1. The van der Waals surface area contributed by atoms with Gasteiger partial charge in [-0.3, -0.25) is 14.5 Å². The number of pyridine rings is 1. The molecule has 0 N–H and O–H groups in total. The summed E-state index contributed by atoms with van der Waals surface area (Å²) in [6.45, 7) is 3.24. The summed E-state index contributed by atoms with van der Waals surface area (Å²) >= 11 is 0. The zero-order chi connectivity index (χ0) is 20.3. The van der Waals surface area contributed by atoms with Crippen LogP contribution in [0.15, 0.2) is 61.1 Å². The molecule has 1 saturated carbocycles. The molecule has 2 unspecified atom stereocenters. The third-order valence-corrected chi connectivity index (χ3v) is 5.55. The normalized spacial score (nSPS) is 20.1. The van der Waals surface area contributed by atoms with Crippen LogP contribution in [-0.4, -0.2) is 27.2 Å². The van der Waals surface area contributed by atoms with Gasteiger partial charge >= 0.3 is 0 Å². The van der Waals surface area contributed by atoms with Crippen molar-refractivity contribution in [3.63, 3.8) is 0 Å². The van der Waals surface area contributed by atoms with E-state index in [9.17, 15) is 4.79 Å². The molecule has 3 aromatic rings. The van der Waals surface area contributed by atoms with Crippen molar-refractivity contribution in [3.05, 3.63) is 77.9 Å². The number of aromatic nitrogens is 3. The van der Waals surface area contributed by atoms with Crippen molar-refractivity contribution in [2.45, 2.75) is 31.7 Å². The monoisotopic (exact) mass is 386 g/mol. The lowest BCUT2D eigenvalue weighted by atomic mass is 9.92. The standard InChI is InChI=1S/C23H22N4O2/c1-2-27-15-20(14-26-27)29-16-23(18-6-4-3-5-7-18)11-21(23)22(28)10-19-9-8-17(12-24)13-25-19/h3-9,13-15,21H,2,10-11,16H2,1H3. The molecular formula is C23H22N4O2. The van der Waals surface area contributed by atoms with Crippen LogP contribution in [0, 0.1) is 17.2 Å². The number of carbonyl (C=O) groups is 1. The van der Waals surface area contributed by atoms with Crippen molar-refractivity contribution < 1.29 is 9.53 Å². The Morgan fingerprint density at radius 1 is 1.28 bits per heavy atom. The summed E-state index contributed by atoms with van der Waals surface area (Å²) in [5.41, 5.74) is 1.98. The molecule has 1 aliphatic rings. The first-order chi connectivity index (χ1) is 14.1. The minimum atomic E-state index is -0.320. The number of hydrogen-bond donors (Lipinski definition) is 0. The molecule has 1 aliphatic carbocycles. The zero-order valence-corrected chi connectivity index (χ0v) is 16.3. The van der Waals surface area contributed by atoms with E-state index in [0.29, 0.717) is 23.6 Å². The van der Waals surface area contributed by atoms with E-state index in [-0.39, 0.29) is 23.5 Å². The fourth-order valence-electron chi connectivity index (χ4n) is 3.76. The molecule has 1 fully saturated rings. The molecule has 4 rings (SSSR count). The fourth-order valence-corrected chi connectivity index (χ4v) is 3.76. The van der Waals surface area contributed by atoms with Gasteiger partial charge in [0.05, 0.1) is 24.6 Å². The second-order valence-corrected chi connectivity index (χ2v) is 7.39. The van der Waals surface area contributed by atoms with E-state index < -0.39 is 0 Å². The van der Waals surface area contributed by atoms with Gasteiger partial charge < -0.3 is 4.74 Å². The number of ether oxygens (including phenoxy) is 1. The number of Topliss-reactive ketones (excluding diaryl/α,β-unsaturated/α-hetero) is 1. The van der Waals surface area contributed by atoms with Crippen LogP contribution in [0.3, 0.4) is 0 Å². The van der Waals surface area contributed by atoms with Crippen LogP contribution in [0.25, 0.3) is 0 Å². The van der Waals surface area contributed by atoms with Gasteiger partial charge in [-0.2, -0.15) is 10.4 Å². The number of ketones is 1. The minimum absolute atomic E-state index is 0.108. The van der Waals surface area contributed by atoms with Crippen molar-refractivity contribution in [1.29, 1.82) is 5.26 Å². The van der Waals surface area contributed by atoms with Gasteiger partial charge in [0.1, 0.15) is 11.9 Å². The molecule has 29 heavy (non-hydrogen) atoms. The highest BCUT2D eigenvalue weighted by molar-refractivity contribution is 5.88. The van der Waals surface area contributed by atoms with E-state index in [1.165, 1.54) is 6.20 Å². The summed E-state index contributed by atoms with van der Waals surface area (Å²) in [7, 11) is 0. The Labute approximate surface area is 169 Å². The second-order valence-electron chi connectivity index (χ2n) is 7.39. The molecule has 0 saturated heterocycles. The van der Waals surface area contributed by atoms with Crippen LogP contribution in [-0.2, 0) is 23.2 Å². The maximum Gasteiger partial charge on any atom is 0.157 e. The average Bonchev–Trinajstić information content (AvgIpc) is 3.34. The number of hydrogen-bond acceptors (Lipinski definition) is 5. The van der Waals surface area contributed by atoms with Crippen molar-refractivity contribution in [2.24, 2.45) is 5.92 Å². The molecule has 146 valence electrons. The molecule has 1 aromatic carbocycles. The third kappa shape index (κ3) is 3.90. The van der Waals surface area contributed by atoms with Gasteiger partial charge in [-0.05, 0) is 31.0 Å². The van der Waals surface area contributed by atoms with E-state index in [1.807, 2.05) is 42.1 Å². The molecule has 2 aromatic heterocycles. The first kappa shape index (κ1) is 18.9. The topological polar surface area (TPSA) is 80.8 Å². The van der Waals surface area contributed by atoms with Gasteiger partial charge in [-0.15, -0.1) is 0 Å². The summed E-state index contributed by atoms with van der Waals surface area (Å²) in [6.07, 6.45) is 6.11. The number of benzene rings is 1. The number of carbonyl (C=O) groups excluding carboxylic acids is 1. The van der Waals surface area contributed by atoms with E-state index in [1.54, 1.807) is 18.3 Å². The predicted octanol–water partition coefficient (Wildman–Crippen LogP) is 3.32. The minimum Gasteiger partial charge on any atom is -0.489 e. The molecule has 0 aliphatic heterocycles. The molecule has 0 radical (unpaired) electrons. The molecule has 0 bridgehead atoms. The maximum absolute atomic E-state index is 13.0. The Hall–Kier alpha value is -3.46. The van der Waals surface area contributed by atoms with Gasteiger partial charge in [0.2, 0.25) is 0 Å². The molecule has 0 spiro atoms. The van der Waals surface area contributed by atoms with Crippen LogP contribution in [0.4, 0.5) is 0 Å². The van der Waals surface area contributed by atoms with Crippen molar-refractivity contribution >= 4 is 5.78 Å². The summed E-state index contributed by atoms with van der Waals surface area (Å²) < 4.78 is 7.86. The van der Waals surface area contributed by atoms with E-state index in [0.717, 1.165) is 18.5 Å². The van der Waals surface area contributed by atoms with Gasteiger partial charge in [0, 0.05) is 36.2 Å². The number of rotatable bonds is 8. The van der Waals surface area contributed by atoms with E-state index >= 15 is 0 Å². The third-order valence-electron chi connectivity index (χ3n) is 5.55. The Bertz CT molecular complexity index is 1040. The first-order valence-corrected chi connectivity index (χ1v) is 9.73. The van der Waals surface area contributed by atoms with Gasteiger partial charge in [-0.1, -0.05) is 30.3 Å². The maximum atomic E-state index is 13.0. The van der Waals surface area contributed by atoms with Crippen molar-refractivity contribution in [1.82, 2.24) is 14.8 Å². The quantitative estimate of drug-likeness (QED) is 0.593. The first-order valence-electron chi connectivity index (χ1n) is 9.73. The average molecular weight is 386 g/mol. The predicted molar refractivity (Wildman–Crippen MR) is 107 cm³/mol. The lowest BCUT2D eigenvalue weighted by molar-refractivity contribution is -0.120. The fraction of sp³-hybridized carbons (Fsp3) is 0.304. The highest BCUT2D eigenvalue weighted by Gasteiger charge is 2.59. The Kier molecular flexibility index (Phi) is 5.13. The largest absolute Gasteiger partial charge is 0.489 e.